The van der Waals surface area contributed by atoms with Crippen LogP contribution in [0.2, 0.25) is 0 Å². The van der Waals surface area contributed by atoms with Gasteiger partial charge in [0, 0.05) is 32.3 Å². The van der Waals surface area contributed by atoms with Gasteiger partial charge in [0.05, 0.1) is 5.56 Å². The van der Waals surface area contributed by atoms with Gasteiger partial charge in [-0.15, -0.1) is 0 Å². The number of carbonyl (C=O) groups is 2. The highest BCUT2D eigenvalue weighted by molar-refractivity contribution is 5.93. The Morgan fingerprint density at radius 1 is 1.37 bits per heavy atom. The summed E-state index contributed by atoms with van der Waals surface area (Å²) in [4.78, 5) is 28.2. The number of pyridine rings is 1. The number of piperidine rings is 1. The van der Waals surface area contributed by atoms with Crippen LogP contribution >= 0.6 is 0 Å². The van der Waals surface area contributed by atoms with Crippen LogP contribution in [0.3, 0.4) is 0 Å². The van der Waals surface area contributed by atoms with E-state index in [-0.39, 0.29) is 17.9 Å². The molecule has 19 heavy (non-hydrogen) atoms. The molecule has 2 amide bonds. The Balaban J connectivity index is 1.92. The molecule has 102 valence electrons. The lowest BCUT2D eigenvalue weighted by atomic mass is 10.0. The molecule has 1 aromatic heterocycles. The van der Waals surface area contributed by atoms with E-state index in [1.165, 1.54) is 25.3 Å². The molecule has 0 aliphatic carbocycles. The van der Waals surface area contributed by atoms with Crippen molar-refractivity contribution < 1.29 is 14.0 Å². The quantitative estimate of drug-likeness (QED) is 0.810. The number of nitrogens with one attached hydrogen (secondary N) is 1. The summed E-state index contributed by atoms with van der Waals surface area (Å²) in [6.07, 6.45) is 2.72. The first-order chi connectivity index (χ1) is 9.06. The maximum Gasteiger partial charge on any atom is 0.255 e. The Labute approximate surface area is 110 Å². The molecule has 1 aliphatic heterocycles. The predicted molar refractivity (Wildman–Crippen MR) is 66.9 cm³/mol. The van der Waals surface area contributed by atoms with Crippen LogP contribution in [-0.2, 0) is 4.79 Å². The van der Waals surface area contributed by atoms with Crippen molar-refractivity contribution in [3.8, 4) is 0 Å². The van der Waals surface area contributed by atoms with Crippen molar-refractivity contribution in [1.29, 1.82) is 0 Å². The number of nitrogens with zero attached hydrogens (tertiary/aromatic N) is 2. The van der Waals surface area contributed by atoms with Crippen LogP contribution < -0.4 is 5.32 Å². The summed E-state index contributed by atoms with van der Waals surface area (Å²) in [5, 5.41) is 2.85. The average Bonchev–Trinajstić information content (AvgIpc) is 2.39. The number of rotatable bonds is 2. The molecule has 1 N–H and O–H groups in total. The molecule has 0 radical (unpaired) electrons. The van der Waals surface area contributed by atoms with Crippen LogP contribution in [0.1, 0.15) is 30.1 Å². The second-order valence-corrected chi connectivity index (χ2v) is 4.64. The van der Waals surface area contributed by atoms with Gasteiger partial charge in [0.2, 0.25) is 11.9 Å². The molecular weight excluding hydrogens is 249 g/mol. The van der Waals surface area contributed by atoms with Gasteiger partial charge in [0.1, 0.15) is 0 Å². The molecule has 0 unspecified atom stereocenters. The first-order valence-corrected chi connectivity index (χ1v) is 6.24. The van der Waals surface area contributed by atoms with Crippen molar-refractivity contribution in [3.05, 3.63) is 29.8 Å². The Bertz CT molecular complexity index is 467. The maximum atomic E-state index is 12.7. The Kier molecular flexibility index (Phi) is 4.09. The number of aromatic nitrogens is 1. The molecule has 1 aliphatic rings. The van der Waals surface area contributed by atoms with Crippen LogP contribution in [0, 0.1) is 5.95 Å². The molecule has 0 spiro atoms. The number of likely N-dealkylation sites (tertiary alicyclic amines) is 1. The monoisotopic (exact) mass is 265 g/mol. The van der Waals surface area contributed by atoms with Crippen molar-refractivity contribution >= 4 is 11.8 Å². The van der Waals surface area contributed by atoms with Crippen LogP contribution in [0.15, 0.2) is 18.3 Å². The van der Waals surface area contributed by atoms with Crippen LogP contribution in [-0.4, -0.2) is 40.8 Å². The minimum atomic E-state index is -0.596. The fourth-order valence-electron chi connectivity index (χ4n) is 2.20. The van der Waals surface area contributed by atoms with Gasteiger partial charge >= 0.3 is 0 Å². The van der Waals surface area contributed by atoms with E-state index in [9.17, 15) is 14.0 Å². The van der Waals surface area contributed by atoms with Gasteiger partial charge in [0.25, 0.3) is 5.91 Å². The summed E-state index contributed by atoms with van der Waals surface area (Å²) in [6.45, 7) is 2.66. The maximum absolute atomic E-state index is 12.7. The topological polar surface area (TPSA) is 62.3 Å². The number of halogens is 1. The van der Waals surface area contributed by atoms with Crippen molar-refractivity contribution in [2.45, 2.75) is 25.8 Å². The summed E-state index contributed by atoms with van der Waals surface area (Å²) >= 11 is 0. The summed E-state index contributed by atoms with van der Waals surface area (Å²) < 4.78 is 12.7. The third-order valence-electron chi connectivity index (χ3n) is 3.16. The molecule has 0 aromatic carbocycles. The zero-order valence-corrected chi connectivity index (χ0v) is 10.7. The van der Waals surface area contributed by atoms with E-state index in [0.717, 1.165) is 12.8 Å². The van der Waals surface area contributed by atoms with Crippen LogP contribution in [0.25, 0.3) is 0 Å². The molecule has 0 saturated carbocycles. The lowest BCUT2D eigenvalue weighted by Crippen LogP contribution is -2.46. The highest BCUT2D eigenvalue weighted by atomic mass is 19.1. The van der Waals surface area contributed by atoms with E-state index in [2.05, 4.69) is 10.3 Å². The van der Waals surface area contributed by atoms with E-state index in [4.69, 9.17) is 0 Å². The number of hydrogen-bond donors (Lipinski definition) is 1. The highest BCUT2D eigenvalue weighted by Crippen LogP contribution is 2.13. The van der Waals surface area contributed by atoms with E-state index in [1.54, 1.807) is 4.90 Å². The lowest BCUT2D eigenvalue weighted by Gasteiger charge is -2.32. The minimum Gasteiger partial charge on any atom is -0.353 e. The minimum absolute atomic E-state index is 0.0486. The molecule has 1 saturated heterocycles. The summed E-state index contributed by atoms with van der Waals surface area (Å²) in [5.41, 5.74) is 0.388. The number of carbonyl (C=O) groups excluding carboxylic acids is 2. The second kappa shape index (κ2) is 5.77. The zero-order chi connectivity index (χ0) is 13.8. The fraction of sp³-hybridized carbons (Fsp3) is 0.462. The molecule has 0 bridgehead atoms. The van der Waals surface area contributed by atoms with Gasteiger partial charge in [0.15, 0.2) is 0 Å². The SMILES string of the molecule is CC(=O)NC1CCN(C(=O)c2ccc(F)nc2)CC1. The van der Waals surface area contributed by atoms with Crippen LogP contribution in [0.5, 0.6) is 0 Å². The normalized spacial score (nSPS) is 16.2. The van der Waals surface area contributed by atoms with Gasteiger partial charge in [-0.25, -0.2) is 4.98 Å². The van der Waals surface area contributed by atoms with E-state index in [0.29, 0.717) is 18.7 Å². The molecule has 5 nitrogen and oxygen atoms in total. The Morgan fingerprint density at radius 2 is 2.05 bits per heavy atom. The first-order valence-electron chi connectivity index (χ1n) is 6.24. The number of hydrogen-bond acceptors (Lipinski definition) is 3. The molecule has 2 heterocycles. The molecular formula is C13H16FN3O2. The summed E-state index contributed by atoms with van der Waals surface area (Å²) in [7, 11) is 0. The van der Waals surface area contributed by atoms with Crippen molar-refractivity contribution in [1.82, 2.24) is 15.2 Å². The van der Waals surface area contributed by atoms with Gasteiger partial charge in [-0.05, 0) is 25.0 Å². The largest absolute Gasteiger partial charge is 0.353 e. The molecule has 0 atom stereocenters. The van der Waals surface area contributed by atoms with Gasteiger partial charge in [-0.3, -0.25) is 9.59 Å². The van der Waals surface area contributed by atoms with Crippen molar-refractivity contribution in [2.75, 3.05) is 13.1 Å². The van der Waals surface area contributed by atoms with Crippen molar-refractivity contribution in [2.24, 2.45) is 0 Å². The van der Waals surface area contributed by atoms with Gasteiger partial charge < -0.3 is 10.2 Å². The van der Waals surface area contributed by atoms with Crippen molar-refractivity contribution in [3.63, 3.8) is 0 Å². The molecule has 6 heteroatoms. The second-order valence-electron chi connectivity index (χ2n) is 4.64. The average molecular weight is 265 g/mol. The standard InChI is InChI=1S/C13H16FN3O2/c1-9(18)16-11-4-6-17(7-5-11)13(19)10-2-3-12(14)15-8-10/h2-3,8,11H,4-7H2,1H3,(H,16,18). The lowest BCUT2D eigenvalue weighted by molar-refractivity contribution is -0.119. The molecule has 1 aromatic rings. The van der Waals surface area contributed by atoms with Gasteiger partial charge in [-0.1, -0.05) is 0 Å². The van der Waals surface area contributed by atoms with E-state index in [1.807, 2.05) is 0 Å². The highest BCUT2D eigenvalue weighted by Gasteiger charge is 2.24. The molecule has 2 rings (SSSR count). The predicted octanol–water partition coefficient (Wildman–Crippen LogP) is 0.961. The number of amides is 2. The third kappa shape index (κ3) is 3.49. The first kappa shape index (κ1) is 13.5. The fourth-order valence-corrected chi connectivity index (χ4v) is 2.20. The Morgan fingerprint density at radius 3 is 2.58 bits per heavy atom. The third-order valence-corrected chi connectivity index (χ3v) is 3.16. The summed E-state index contributed by atoms with van der Waals surface area (Å²) in [5.74, 6) is -0.790. The van der Waals surface area contributed by atoms with Gasteiger partial charge in [-0.2, -0.15) is 4.39 Å². The molecule has 1 fully saturated rings. The van der Waals surface area contributed by atoms with Crippen LogP contribution in [0.4, 0.5) is 4.39 Å². The smallest absolute Gasteiger partial charge is 0.255 e. The zero-order valence-electron chi connectivity index (χ0n) is 10.7. The van der Waals surface area contributed by atoms with E-state index >= 15 is 0 Å². The summed E-state index contributed by atoms with van der Waals surface area (Å²) in [6, 6.07) is 2.75. The van der Waals surface area contributed by atoms with E-state index < -0.39 is 5.95 Å². The Hall–Kier alpha value is -1.98.